The highest BCUT2D eigenvalue weighted by Gasteiger charge is 2.11. The molecule has 0 unspecified atom stereocenters. The quantitative estimate of drug-likeness (QED) is 0.488. The van der Waals surface area contributed by atoms with Crippen LogP contribution in [0.1, 0.15) is 13.8 Å². The molecule has 0 aliphatic rings. The lowest BCUT2D eigenvalue weighted by molar-refractivity contribution is -0.309. The summed E-state index contributed by atoms with van der Waals surface area (Å²) in [4.78, 5) is 20.0. The van der Waals surface area contributed by atoms with Crippen LogP contribution in [0, 0.1) is 5.92 Å². The minimum atomic E-state index is -1.25. The van der Waals surface area contributed by atoms with Crippen molar-refractivity contribution in [3.63, 3.8) is 0 Å². The van der Waals surface area contributed by atoms with Gasteiger partial charge in [0.2, 0.25) is 6.41 Å². The van der Waals surface area contributed by atoms with Crippen LogP contribution in [-0.4, -0.2) is 18.4 Å². The lowest BCUT2D eigenvalue weighted by Crippen LogP contribution is -2.48. The largest absolute Gasteiger partial charge is 0.548 e. The average molecular weight is 144 g/mol. The normalized spacial score (nSPS) is 12.7. The van der Waals surface area contributed by atoms with Crippen LogP contribution in [0.25, 0.3) is 0 Å². The molecule has 0 aromatic heterocycles. The second kappa shape index (κ2) is 3.87. The first-order valence-corrected chi connectivity index (χ1v) is 3.00. The highest BCUT2D eigenvalue weighted by atomic mass is 16.4. The predicted molar refractivity (Wildman–Crippen MR) is 32.8 cm³/mol. The molecule has 0 rings (SSSR count). The summed E-state index contributed by atoms with van der Waals surface area (Å²) in [6.45, 7) is 3.38. The number of nitrogens with one attached hydrogen (secondary N) is 1. The molecule has 0 aromatic carbocycles. The highest BCUT2D eigenvalue weighted by Crippen LogP contribution is 1.98. The van der Waals surface area contributed by atoms with Gasteiger partial charge in [-0.25, -0.2) is 0 Å². The van der Waals surface area contributed by atoms with E-state index in [4.69, 9.17) is 0 Å². The molecular weight excluding hydrogens is 134 g/mol. The molecule has 0 bridgehead atoms. The van der Waals surface area contributed by atoms with E-state index in [0.29, 0.717) is 6.41 Å². The summed E-state index contributed by atoms with van der Waals surface area (Å²) in [6.07, 6.45) is 0.362. The molecule has 0 aromatic rings. The molecule has 1 N–H and O–H groups in total. The lowest BCUT2D eigenvalue weighted by atomic mass is 10.1. The zero-order valence-corrected chi connectivity index (χ0v) is 5.96. The van der Waals surface area contributed by atoms with Crippen molar-refractivity contribution in [3.8, 4) is 0 Å². The molecule has 1 amide bonds. The minimum absolute atomic E-state index is 0.143. The first-order chi connectivity index (χ1) is 4.59. The average Bonchev–Trinajstić information content (AvgIpc) is 1.81. The summed E-state index contributed by atoms with van der Waals surface area (Å²) < 4.78 is 0. The fourth-order valence-corrected chi connectivity index (χ4v) is 0.606. The zero-order valence-electron chi connectivity index (χ0n) is 5.96. The maximum Gasteiger partial charge on any atom is 0.207 e. The number of rotatable bonds is 4. The molecule has 58 valence electrons. The first-order valence-electron chi connectivity index (χ1n) is 3.00. The van der Waals surface area contributed by atoms with Crippen LogP contribution in [0.15, 0.2) is 0 Å². The van der Waals surface area contributed by atoms with Crippen molar-refractivity contribution >= 4 is 12.4 Å². The van der Waals surface area contributed by atoms with Gasteiger partial charge in [0.1, 0.15) is 0 Å². The minimum Gasteiger partial charge on any atom is -0.548 e. The Morgan fingerprint density at radius 3 is 2.20 bits per heavy atom. The maximum absolute atomic E-state index is 10.2. The standard InChI is InChI=1S/C6H11NO3/c1-4(2)5(6(9)10)7-3-8/h3-5H,1-2H3,(H,7,8)(H,9,10)/p-1/t5-/m0/s1. The Balaban J connectivity index is 3.97. The van der Waals surface area contributed by atoms with Crippen LogP contribution in [0.3, 0.4) is 0 Å². The number of carbonyl (C=O) groups is 2. The summed E-state index contributed by atoms with van der Waals surface area (Å²) in [5.41, 5.74) is 0. The van der Waals surface area contributed by atoms with Crippen molar-refractivity contribution in [3.05, 3.63) is 0 Å². The molecule has 0 heterocycles. The van der Waals surface area contributed by atoms with Gasteiger partial charge in [0.15, 0.2) is 0 Å². The third kappa shape index (κ3) is 2.48. The molecule has 4 nitrogen and oxygen atoms in total. The Morgan fingerprint density at radius 2 is 2.10 bits per heavy atom. The van der Waals surface area contributed by atoms with Crippen molar-refractivity contribution in [2.75, 3.05) is 0 Å². The number of hydrogen-bond acceptors (Lipinski definition) is 3. The predicted octanol–water partition coefficient (Wildman–Crippen LogP) is -1.49. The highest BCUT2D eigenvalue weighted by molar-refractivity contribution is 5.74. The van der Waals surface area contributed by atoms with Crippen molar-refractivity contribution in [1.29, 1.82) is 0 Å². The van der Waals surface area contributed by atoms with Crippen LogP contribution in [0.2, 0.25) is 0 Å². The Morgan fingerprint density at radius 1 is 1.60 bits per heavy atom. The molecular formula is C6H10NO3-. The summed E-state index contributed by atoms with van der Waals surface area (Å²) in [6, 6.07) is -0.877. The summed E-state index contributed by atoms with van der Waals surface area (Å²) in [5.74, 6) is -1.39. The van der Waals surface area contributed by atoms with Crippen molar-refractivity contribution in [2.24, 2.45) is 5.92 Å². The number of carboxylic acid groups (broad SMARTS) is 1. The van der Waals surface area contributed by atoms with Gasteiger partial charge in [0.05, 0.1) is 12.0 Å². The van der Waals surface area contributed by atoms with Crippen molar-refractivity contribution < 1.29 is 14.7 Å². The molecule has 4 heteroatoms. The topological polar surface area (TPSA) is 69.2 Å². The Bertz CT molecular complexity index is 133. The Kier molecular flexibility index (Phi) is 3.46. The molecule has 1 atom stereocenters. The second-order valence-electron chi connectivity index (χ2n) is 2.33. The van der Waals surface area contributed by atoms with E-state index in [9.17, 15) is 14.7 Å². The van der Waals surface area contributed by atoms with Gasteiger partial charge in [-0.05, 0) is 5.92 Å². The summed E-state index contributed by atoms with van der Waals surface area (Å²) in [7, 11) is 0. The van der Waals surface area contributed by atoms with Gasteiger partial charge < -0.3 is 15.2 Å². The van der Waals surface area contributed by atoms with E-state index in [1.54, 1.807) is 13.8 Å². The Hall–Kier alpha value is -1.06. The van der Waals surface area contributed by atoms with E-state index >= 15 is 0 Å². The summed E-state index contributed by atoms with van der Waals surface area (Å²) in [5, 5.41) is 12.3. The number of carbonyl (C=O) groups excluding carboxylic acids is 2. The fourth-order valence-electron chi connectivity index (χ4n) is 0.606. The lowest BCUT2D eigenvalue weighted by Gasteiger charge is -2.20. The van der Waals surface area contributed by atoms with Crippen molar-refractivity contribution in [2.45, 2.75) is 19.9 Å². The SMILES string of the molecule is CC(C)[C@H](NC=O)C(=O)[O-]. The van der Waals surface area contributed by atoms with Gasteiger partial charge in [-0.15, -0.1) is 0 Å². The van der Waals surface area contributed by atoms with Gasteiger partial charge in [0, 0.05) is 0 Å². The van der Waals surface area contributed by atoms with E-state index in [-0.39, 0.29) is 5.92 Å². The Labute approximate surface area is 59.2 Å². The molecule has 0 saturated carbocycles. The van der Waals surface area contributed by atoms with Crippen molar-refractivity contribution in [1.82, 2.24) is 5.32 Å². The molecule has 0 aliphatic carbocycles. The smallest absolute Gasteiger partial charge is 0.207 e. The third-order valence-corrected chi connectivity index (χ3v) is 1.17. The number of hydrogen-bond donors (Lipinski definition) is 1. The third-order valence-electron chi connectivity index (χ3n) is 1.17. The van der Waals surface area contributed by atoms with E-state index in [2.05, 4.69) is 5.32 Å². The molecule has 0 fully saturated rings. The van der Waals surface area contributed by atoms with E-state index < -0.39 is 12.0 Å². The van der Waals surface area contributed by atoms with Gasteiger partial charge in [-0.2, -0.15) is 0 Å². The van der Waals surface area contributed by atoms with E-state index in [0.717, 1.165) is 0 Å². The first kappa shape index (κ1) is 8.94. The zero-order chi connectivity index (χ0) is 8.15. The summed E-state index contributed by atoms with van der Waals surface area (Å²) >= 11 is 0. The van der Waals surface area contributed by atoms with E-state index in [1.165, 1.54) is 0 Å². The number of amides is 1. The van der Waals surface area contributed by atoms with Gasteiger partial charge in [-0.3, -0.25) is 4.79 Å². The number of carboxylic acids is 1. The van der Waals surface area contributed by atoms with Crippen LogP contribution >= 0.6 is 0 Å². The molecule has 0 saturated heterocycles. The van der Waals surface area contributed by atoms with Crippen LogP contribution in [0.4, 0.5) is 0 Å². The van der Waals surface area contributed by atoms with Gasteiger partial charge in [-0.1, -0.05) is 13.8 Å². The van der Waals surface area contributed by atoms with E-state index in [1.807, 2.05) is 0 Å². The molecule has 0 radical (unpaired) electrons. The van der Waals surface area contributed by atoms with Crippen LogP contribution < -0.4 is 10.4 Å². The second-order valence-corrected chi connectivity index (χ2v) is 2.33. The van der Waals surface area contributed by atoms with Crippen LogP contribution in [0.5, 0.6) is 0 Å². The van der Waals surface area contributed by atoms with Crippen LogP contribution in [-0.2, 0) is 9.59 Å². The molecule has 0 spiro atoms. The number of aliphatic carboxylic acids is 1. The van der Waals surface area contributed by atoms with Gasteiger partial charge >= 0.3 is 0 Å². The molecule has 10 heavy (non-hydrogen) atoms. The van der Waals surface area contributed by atoms with Gasteiger partial charge in [0.25, 0.3) is 0 Å². The monoisotopic (exact) mass is 144 g/mol. The molecule has 0 aliphatic heterocycles. The maximum atomic E-state index is 10.2. The fraction of sp³-hybridized carbons (Fsp3) is 0.667.